The Labute approximate surface area is 182 Å². The number of hydrogen-bond donors (Lipinski definition) is 2. The molecule has 0 aliphatic carbocycles. The summed E-state index contributed by atoms with van der Waals surface area (Å²) in [6.45, 7) is 0.428. The summed E-state index contributed by atoms with van der Waals surface area (Å²) in [6, 6.07) is 8.58. The number of aromatic nitrogens is 2. The fourth-order valence-electron chi connectivity index (χ4n) is 4.14. The highest BCUT2D eigenvalue weighted by atomic mass is 19.1. The number of nitrogens with zero attached hydrogens (tertiary/aromatic N) is 3. The molecule has 0 saturated carbocycles. The molecule has 9 nitrogen and oxygen atoms in total. The van der Waals surface area contributed by atoms with Gasteiger partial charge in [-0.1, -0.05) is 12.1 Å². The number of fused-ring (bicyclic) bond motifs is 1. The SMILES string of the molecule is COc1c(C(=O)O)ccc2c1c(-c1cccc(F)c1)nn2C(CC(N)=O)N1CCCC1=O. The van der Waals surface area contributed by atoms with Crippen LogP contribution in [0, 0.1) is 5.82 Å². The van der Waals surface area contributed by atoms with E-state index in [1.807, 2.05) is 0 Å². The lowest BCUT2D eigenvalue weighted by atomic mass is 10.0. The molecule has 0 radical (unpaired) electrons. The summed E-state index contributed by atoms with van der Waals surface area (Å²) in [7, 11) is 1.33. The molecule has 4 rings (SSSR count). The van der Waals surface area contributed by atoms with Gasteiger partial charge in [0.15, 0.2) is 0 Å². The maximum atomic E-state index is 14.0. The lowest BCUT2D eigenvalue weighted by molar-refractivity contribution is -0.133. The second-order valence-electron chi connectivity index (χ2n) is 7.49. The van der Waals surface area contributed by atoms with Gasteiger partial charge in [0, 0.05) is 18.5 Å². The first-order valence-corrected chi connectivity index (χ1v) is 9.98. The van der Waals surface area contributed by atoms with Crippen molar-refractivity contribution in [3.8, 4) is 17.0 Å². The average Bonchev–Trinajstić information content (AvgIpc) is 3.35. The highest BCUT2D eigenvalue weighted by molar-refractivity contribution is 6.05. The number of carboxylic acid groups (broad SMARTS) is 1. The summed E-state index contributed by atoms with van der Waals surface area (Å²) in [5, 5.41) is 14.6. The Morgan fingerprint density at radius 3 is 2.69 bits per heavy atom. The fraction of sp³-hybridized carbons (Fsp3) is 0.273. The average molecular weight is 440 g/mol. The van der Waals surface area contributed by atoms with Crippen LogP contribution in [0.4, 0.5) is 4.39 Å². The van der Waals surface area contributed by atoms with Gasteiger partial charge in [-0.05, 0) is 30.7 Å². The first-order valence-electron chi connectivity index (χ1n) is 9.98. The third kappa shape index (κ3) is 3.64. The van der Waals surface area contributed by atoms with Gasteiger partial charge in [0.05, 0.1) is 24.4 Å². The predicted molar refractivity (Wildman–Crippen MR) is 112 cm³/mol. The second-order valence-corrected chi connectivity index (χ2v) is 7.49. The number of aromatic carboxylic acids is 1. The van der Waals surface area contributed by atoms with Gasteiger partial charge in [-0.15, -0.1) is 0 Å². The number of primary amides is 1. The molecule has 1 atom stereocenters. The number of amides is 2. The Morgan fingerprint density at radius 2 is 2.09 bits per heavy atom. The molecule has 3 N–H and O–H groups in total. The van der Waals surface area contributed by atoms with Crippen molar-refractivity contribution in [1.29, 1.82) is 0 Å². The number of halogens is 1. The summed E-state index contributed by atoms with van der Waals surface area (Å²) >= 11 is 0. The summed E-state index contributed by atoms with van der Waals surface area (Å²) in [6.07, 6.45) is -0.0183. The number of carboxylic acids is 1. The number of hydrogen-bond acceptors (Lipinski definition) is 5. The van der Waals surface area contributed by atoms with E-state index < -0.39 is 23.9 Å². The van der Waals surface area contributed by atoms with Gasteiger partial charge in [0.1, 0.15) is 29.0 Å². The van der Waals surface area contributed by atoms with Gasteiger partial charge < -0.3 is 20.5 Å². The molecule has 166 valence electrons. The van der Waals surface area contributed by atoms with Crippen LogP contribution in [-0.4, -0.2) is 51.2 Å². The smallest absolute Gasteiger partial charge is 0.339 e. The van der Waals surface area contributed by atoms with Crippen LogP contribution in [0.2, 0.25) is 0 Å². The van der Waals surface area contributed by atoms with E-state index in [9.17, 15) is 23.9 Å². The van der Waals surface area contributed by atoms with Crippen molar-refractivity contribution in [2.75, 3.05) is 13.7 Å². The molecule has 10 heteroatoms. The van der Waals surface area contributed by atoms with Crippen LogP contribution in [0.1, 0.15) is 35.8 Å². The van der Waals surface area contributed by atoms with Crippen LogP contribution in [-0.2, 0) is 9.59 Å². The highest BCUT2D eigenvalue weighted by Crippen LogP contribution is 2.40. The summed E-state index contributed by atoms with van der Waals surface area (Å²) in [5.41, 5.74) is 6.46. The molecule has 1 fully saturated rings. The van der Waals surface area contributed by atoms with E-state index in [2.05, 4.69) is 5.10 Å². The molecule has 1 aliphatic heterocycles. The van der Waals surface area contributed by atoms with Crippen molar-refractivity contribution in [2.24, 2.45) is 5.73 Å². The van der Waals surface area contributed by atoms with E-state index in [4.69, 9.17) is 10.5 Å². The van der Waals surface area contributed by atoms with E-state index in [0.717, 1.165) is 0 Å². The molecule has 0 spiro atoms. The van der Waals surface area contributed by atoms with Gasteiger partial charge in [0.2, 0.25) is 11.8 Å². The van der Waals surface area contributed by atoms with E-state index in [-0.39, 0.29) is 29.3 Å². The van der Waals surface area contributed by atoms with Crippen molar-refractivity contribution in [3.63, 3.8) is 0 Å². The number of carbonyl (C=O) groups is 3. The standard InChI is InChI=1S/C22H21FN4O5/c1-32-21-14(22(30)31)7-8-15-19(21)20(12-4-2-5-13(23)10-12)25-27(15)17(11-16(24)28)26-9-3-6-18(26)29/h2,4-5,7-8,10,17H,3,6,9,11H2,1H3,(H2,24,28)(H,30,31). The van der Waals surface area contributed by atoms with Crippen molar-refractivity contribution >= 4 is 28.7 Å². The predicted octanol–water partition coefficient (Wildman–Crippen LogP) is 2.55. The summed E-state index contributed by atoms with van der Waals surface area (Å²) < 4.78 is 20.9. The third-order valence-electron chi connectivity index (χ3n) is 5.50. The molecule has 0 bridgehead atoms. The minimum absolute atomic E-state index is 0.0473. The highest BCUT2D eigenvalue weighted by Gasteiger charge is 2.33. The van der Waals surface area contributed by atoms with Crippen LogP contribution in [0.5, 0.6) is 5.75 Å². The van der Waals surface area contributed by atoms with Gasteiger partial charge >= 0.3 is 5.97 Å². The topological polar surface area (TPSA) is 128 Å². The van der Waals surface area contributed by atoms with Gasteiger partial charge in [-0.2, -0.15) is 5.10 Å². The molecule has 1 aromatic heterocycles. The Hall–Kier alpha value is -3.95. The van der Waals surface area contributed by atoms with E-state index in [1.54, 1.807) is 6.07 Å². The van der Waals surface area contributed by atoms with Crippen LogP contribution < -0.4 is 10.5 Å². The zero-order valence-corrected chi connectivity index (χ0v) is 17.2. The molecule has 32 heavy (non-hydrogen) atoms. The van der Waals surface area contributed by atoms with E-state index in [1.165, 1.54) is 47.0 Å². The summed E-state index contributed by atoms with van der Waals surface area (Å²) in [5.74, 6) is -2.42. The van der Waals surface area contributed by atoms with E-state index in [0.29, 0.717) is 35.9 Å². The summed E-state index contributed by atoms with van der Waals surface area (Å²) in [4.78, 5) is 37.7. The Bertz CT molecular complexity index is 1240. The van der Waals surface area contributed by atoms with Crippen molar-refractivity contribution in [2.45, 2.75) is 25.4 Å². The number of ether oxygens (including phenoxy) is 1. The molecule has 2 heterocycles. The molecular weight excluding hydrogens is 419 g/mol. The van der Waals surface area contributed by atoms with Crippen LogP contribution in [0.15, 0.2) is 36.4 Å². The number of carbonyl (C=O) groups excluding carboxylic acids is 2. The van der Waals surface area contributed by atoms with Crippen LogP contribution in [0.25, 0.3) is 22.2 Å². The molecule has 1 aliphatic rings. The maximum absolute atomic E-state index is 14.0. The largest absolute Gasteiger partial charge is 0.495 e. The zero-order chi connectivity index (χ0) is 23.0. The van der Waals surface area contributed by atoms with Crippen molar-refractivity contribution in [1.82, 2.24) is 14.7 Å². The van der Waals surface area contributed by atoms with Crippen LogP contribution in [0.3, 0.4) is 0 Å². The Balaban J connectivity index is 2.04. The minimum Gasteiger partial charge on any atom is -0.495 e. The number of likely N-dealkylation sites (tertiary alicyclic amines) is 1. The first kappa shape index (κ1) is 21.3. The van der Waals surface area contributed by atoms with Crippen molar-refractivity contribution < 1.29 is 28.6 Å². The molecular formula is C22H21FN4O5. The number of methoxy groups -OCH3 is 1. The lowest BCUT2D eigenvalue weighted by Crippen LogP contribution is -2.37. The molecule has 2 aromatic carbocycles. The van der Waals surface area contributed by atoms with Crippen molar-refractivity contribution in [3.05, 3.63) is 47.8 Å². The first-order chi connectivity index (χ1) is 15.3. The van der Waals surface area contributed by atoms with Crippen LogP contribution >= 0.6 is 0 Å². The Kier molecular flexibility index (Phi) is 5.52. The van der Waals surface area contributed by atoms with Gasteiger partial charge in [-0.25, -0.2) is 13.9 Å². The van der Waals surface area contributed by atoms with Gasteiger partial charge in [0.25, 0.3) is 0 Å². The number of benzene rings is 2. The van der Waals surface area contributed by atoms with Gasteiger partial charge in [-0.3, -0.25) is 9.59 Å². The molecule has 3 aromatic rings. The zero-order valence-electron chi connectivity index (χ0n) is 17.2. The maximum Gasteiger partial charge on any atom is 0.339 e. The fourth-order valence-corrected chi connectivity index (χ4v) is 4.14. The quantitative estimate of drug-likeness (QED) is 0.581. The number of nitrogens with two attached hydrogens (primary N) is 1. The second kappa shape index (κ2) is 8.29. The number of rotatable bonds is 7. The lowest BCUT2D eigenvalue weighted by Gasteiger charge is -2.27. The molecule has 2 amide bonds. The van der Waals surface area contributed by atoms with E-state index >= 15 is 0 Å². The minimum atomic E-state index is -1.20. The normalized spacial score (nSPS) is 14.7. The monoisotopic (exact) mass is 440 g/mol. The molecule has 1 unspecified atom stereocenters. The third-order valence-corrected chi connectivity index (χ3v) is 5.50. The molecule has 1 saturated heterocycles. The Morgan fingerprint density at radius 1 is 1.31 bits per heavy atom.